The van der Waals surface area contributed by atoms with E-state index >= 15 is 0 Å². The van der Waals surface area contributed by atoms with Crippen molar-refractivity contribution in [1.82, 2.24) is 14.8 Å². The van der Waals surface area contributed by atoms with Crippen LogP contribution in [0.1, 0.15) is 29.6 Å². The number of benzene rings is 2. The van der Waals surface area contributed by atoms with E-state index in [0.717, 1.165) is 17.7 Å². The molecular formula is C18H19N5O. The molecule has 2 heterocycles. The number of ether oxygens (including phenoxy) is 1. The van der Waals surface area contributed by atoms with Gasteiger partial charge in [-0.25, -0.2) is 4.68 Å². The Hall–Kier alpha value is -3.02. The second-order valence-corrected chi connectivity index (χ2v) is 5.87. The van der Waals surface area contributed by atoms with E-state index in [4.69, 9.17) is 10.5 Å². The SMILES string of the molecule is COc1ccc([C@H]2C[C@@H](c3ccccc3)Nc3nc(N)nn32)cc1. The Morgan fingerprint density at radius 2 is 1.83 bits per heavy atom. The van der Waals surface area contributed by atoms with Crippen LogP contribution in [0.4, 0.5) is 11.9 Å². The van der Waals surface area contributed by atoms with E-state index in [2.05, 4.69) is 39.7 Å². The number of nitrogens with one attached hydrogen (secondary N) is 1. The highest BCUT2D eigenvalue weighted by Gasteiger charge is 2.30. The summed E-state index contributed by atoms with van der Waals surface area (Å²) in [7, 11) is 1.67. The Kier molecular flexibility index (Phi) is 3.57. The van der Waals surface area contributed by atoms with Crippen LogP contribution in [-0.2, 0) is 0 Å². The molecule has 2 atom stereocenters. The molecule has 1 aliphatic rings. The third kappa shape index (κ3) is 2.56. The maximum Gasteiger partial charge on any atom is 0.241 e. The van der Waals surface area contributed by atoms with Crippen molar-refractivity contribution in [2.45, 2.75) is 18.5 Å². The maximum absolute atomic E-state index is 5.83. The van der Waals surface area contributed by atoms with Gasteiger partial charge in [-0.3, -0.25) is 0 Å². The summed E-state index contributed by atoms with van der Waals surface area (Å²) in [5.41, 5.74) is 8.21. The van der Waals surface area contributed by atoms with Crippen LogP contribution in [0.25, 0.3) is 0 Å². The van der Waals surface area contributed by atoms with Crippen molar-refractivity contribution < 1.29 is 4.74 Å². The van der Waals surface area contributed by atoms with Gasteiger partial charge < -0.3 is 15.8 Å². The first-order valence-corrected chi connectivity index (χ1v) is 7.92. The van der Waals surface area contributed by atoms with Crippen LogP contribution < -0.4 is 15.8 Å². The van der Waals surface area contributed by atoms with E-state index < -0.39 is 0 Å². The molecule has 1 aliphatic heterocycles. The number of hydrogen-bond donors (Lipinski definition) is 2. The fourth-order valence-corrected chi connectivity index (χ4v) is 3.20. The smallest absolute Gasteiger partial charge is 0.241 e. The zero-order chi connectivity index (χ0) is 16.5. The summed E-state index contributed by atoms with van der Waals surface area (Å²) in [6.07, 6.45) is 0.867. The van der Waals surface area contributed by atoms with Gasteiger partial charge in [0.1, 0.15) is 5.75 Å². The normalized spacial score (nSPS) is 19.4. The molecular weight excluding hydrogens is 302 g/mol. The zero-order valence-electron chi connectivity index (χ0n) is 13.4. The Balaban J connectivity index is 1.73. The second kappa shape index (κ2) is 5.88. The number of nitrogens with two attached hydrogens (primary N) is 1. The van der Waals surface area contributed by atoms with Gasteiger partial charge in [-0.2, -0.15) is 4.98 Å². The fraction of sp³-hybridized carbons (Fsp3) is 0.222. The van der Waals surface area contributed by atoms with Crippen molar-refractivity contribution in [3.05, 3.63) is 65.7 Å². The first-order valence-electron chi connectivity index (χ1n) is 7.92. The van der Waals surface area contributed by atoms with Crippen LogP contribution in [0.3, 0.4) is 0 Å². The van der Waals surface area contributed by atoms with E-state index in [1.165, 1.54) is 5.56 Å². The van der Waals surface area contributed by atoms with Crippen molar-refractivity contribution in [1.29, 1.82) is 0 Å². The lowest BCUT2D eigenvalue weighted by Crippen LogP contribution is -2.28. The van der Waals surface area contributed by atoms with Gasteiger partial charge in [0.2, 0.25) is 11.9 Å². The number of aromatic nitrogens is 3. The monoisotopic (exact) mass is 321 g/mol. The first-order chi connectivity index (χ1) is 11.7. The summed E-state index contributed by atoms with van der Waals surface area (Å²) in [6.45, 7) is 0. The number of fused-ring (bicyclic) bond motifs is 1. The van der Waals surface area contributed by atoms with Crippen LogP contribution >= 0.6 is 0 Å². The van der Waals surface area contributed by atoms with Crippen molar-refractivity contribution >= 4 is 11.9 Å². The van der Waals surface area contributed by atoms with Crippen LogP contribution in [0.15, 0.2) is 54.6 Å². The highest BCUT2D eigenvalue weighted by atomic mass is 16.5. The molecule has 0 spiro atoms. The van der Waals surface area contributed by atoms with E-state index in [1.54, 1.807) is 7.11 Å². The lowest BCUT2D eigenvalue weighted by atomic mass is 9.93. The van der Waals surface area contributed by atoms with E-state index in [0.29, 0.717) is 5.95 Å². The average Bonchev–Trinajstić information content (AvgIpc) is 3.02. The molecule has 0 amide bonds. The Labute approximate surface area is 140 Å². The minimum atomic E-state index is 0.0714. The Morgan fingerprint density at radius 3 is 2.54 bits per heavy atom. The topological polar surface area (TPSA) is 78.0 Å². The highest BCUT2D eigenvalue weighted by molar-refractivity contribution is 5.42. The van der Waals surface area contributed by atoms with Gasteiger partial charge >= 0.3 is 0 Å². The number of nitrogen functional groups attached to an aromatic ring is 1. The molecule has 6 heteroatoms. The molecule has 6 nitrogen and oxygen atoms in total. The van der Waals surface area contributed by atoms with Crippen LogP contribution in [0.2, 0.25) is 0 Å². The van der Waals surface area contributed by atoms with Crippen molar-refractivity contribution in [3.8, 4) is 5.75 Å². The summed E-state index contributed by atoms with van der Waals surface area (Å²) in [4.78, 5) is 4.33. The van der Waals surface area contributed by atoms with Crippen LogP contribution in [0.5, 0.6) is 5.75 Å². The first kappa shape index (κ1) is 14.6. The molecule has 122 valence electrons. The number of anilines is 2. The molecule has 0 bridgehead atoms. The molecule has 0 fully saturated rings. The van der Waals surface area contributed by atoms with E-state index in [-0.39, 0.29) is 18.0 Å². The summed E-state index contributed by atoms with van der Waals surface area (Å²) < 4.78 is 7.13. The van der Waals surface area contributed by atoms with Crippen LogP contribution in [0, 0.1) is 0 Å². The maximum atomic E-state index is 5.83. The molecule has 0 radical (unpaired) electrons. The number of methoxy groups -OCH3 is 1. The standard InChI is InChI=1S/C18H19N5O/c1-24-14-9-7-13(8-10-14)16-11-15(12-5-3-2-4-6-12)20-18-21-17(19)22-23(16)18/h2-10,15-16H,11H2,1H3,(H3,19,20,21,22)/t15-,16+/m0/s1. The number of hydrogen-bond acceptors (Lipinski definition) is 5. The third-order valence-corrected chi connectivity index (χ3v) is 4.41. The second-order valence-electron chi connectivity index (χ2n) is 5.87. The predicted molar refractivity (Wildman–Crippen MR) is 93.0 cm³/mol. The Morgan fingerprint density at radius 1 is 1.08 bits per heavy atom. The minimum Gasteiger partial charge on any atom is -0.497 e. The molecule has 4 rings (SSSR count). The van der Waals surface area contributed by atoms with Crippen molar-refractivity contribution in [2.24, 2.45) is 0 Å². The van der Waals surface area contributed by atoms with Gasteiger partial charge in [0, 0.05) is 0 Å². The third-order valence-electron chi connectivity index (χ3n) is 4.41. The van der Waals surface area contributed by atoms with Gasteiger partial charge in [0.25, 0.3) is 0 Å². The fourth-order valence-electron chi connectivity index (χ4n) is 3.20. The largest absolute Gasteiger partial charge is 0.497 e. The van der Waals surface area contributed by atoms with Crippen molar-refractivity contribution in [2.75, 3.05) is 18.2 Å². The van der Waals surface area contributed by atoms with Gasteiger partial charge in [-0.05, 0) is 29.7 Å². The molecule has 3 N–H and O–H groups in total. The predicted octanol–water partition coefficient (Wildman–Crippen LogP) is 3.02. The van der Waals surface area contributed by atoms with Gasteiger partial charge in [-0.1, -0.05) is 42.5 Å². The molecule has 0 aliphatic carbocycles. The molecule has 1 aromatic heterocycles. The summed E-state index contributed by atoms with van der Waals surface area (Å²) >= 11 is 0. The number of rotatable bonds is 3. The average molecular weight is 321 g/mol. The van der Waals surface area contributed by atoms with Crippen molar-refractivity contribution in [3.63, 3.8) is 0 Å². The lowest BCUT2D eigenvalue weighted by molar-refractivity contribution is 0.411. The summed E-state index contributed by atoms with van der Waals surface area (Å²) in [5.74, 6) is 1.82. The molecule has 0 saturated heterocycles. The van der Waals surface area contributed by atoms with Gasteiger partial charge in [-0.15, -0.1) is 5.10 Å². The molecule has 24 heavy (non-hydrogen) atoms. The minimum absolute atomic E-state index is 0.0714. The zero-order valence-corrected chi connectivity index (χ0v) is 13.4. The van der Waals surface area contributed by atoms with Crippen LogP contribution in [-0.4, -0.2) is 21.9 Å². The highest BCUT2D eigenvalue weighted by Crippen LogP contribution is 2.38. The lowest BCUT2D eigenvalue weighted by Gasteiger charge is -2.31. The summed E-state index contributed by atoms with van der Waals surface area (Å²) in [5, 5.41) is 7.81. The molecule has 3 aromatic rings. The quantitative estimate of drug-likeness (QED) is 0.775. The Bertz CT molecular complexity index is 828. The summed E-state index contributed by atoms with van der Waals surface area (Å²) in [6, 6.07) is 18.7. The molecule has 0 saturated carbocycles. The van der Waals surface area contributed by atoms with E-state index in [1.807, 2.05) is 35.0 Å². The van der Waals surface area contributed by atoms with Gasteiger partial charge in [0.15, 0.2) is 0 Å². The molecule has 0 unspecified atom stereocenters. The number of nitrogens with zero attached hydrogens (tertiary/aromatic N) is 3. The van der Waals surface area contributed by atoms with Gasteiger partial charge in [0.05, 0.1) is 19.2 Å². The van der Waals surface area contributed by atoms with E-state index in [9.17, 15) is 0 Å². The molecule has 2 aromatic carbocycles.